The van der Waals surface area contributed by atoms with Crippen molar-refractivity contribution in [2.45, 2.75) is 25.5 Å². The van der Waals surface area contributed by atoms with E-state index in [1.807, 2.05) is 19.3 Å². The molecule has 2 rings (SSSR count). The molecule has 0 spiro atoms. The molecule has 1 saturated heterocycles. The number of pyridine rings is 1. The van der Waals surface area contributed by atoms with Gasteiger partial charge in [-0.1, -0.05) is 0 Å². The second-order valence-electron chi connectivity index (χ2n) is 4.55. The van der Waals surface area contributed by atoms with Gasteiger partial charge in [-0.15, -0.1) is 0 Å². The van der Waals surface area contributed by atoms with E-state index in [4.69, 9.17) is 4.74 Å². The summed E-state index contributed by atoms with van der Waals surface area (Å²) in [6.45, 7) is 2.68. The van der Waals surface area contributed by atoms with Gasteiger partial charge in [-0.25, -0.2) is 0 Å². The zero-order chi connectivity index (χ0) is 12.1. The van der Waals surface area contributed by atoms with Crippen molar-refractivity contribution in [2.75, 3.05) is 32.1 Å². The summed E-state index contributed by atoms with van der Waals surface area (Å²) in [6, 6.07) is 4.18. The van der Waals surface area contributed by atoms with Gasteiger partial charge in [0.25, 0.3) is 0 Å². The number of aromatic nitrogens is 1. The van der Waals surface area contributed by atoms with Crippen LogP contribution < -0.4 is 10.2 Å². The van der Waals surface area contributed by atoms with Crippen LogP contribution in [0.4, 0.5) is 5.69 Å². The lowest BCUT2D eigenvalue weighted by molar-refractivity contribution is 0.116. The lowest BCUT2D eigenvalue weighted by atomic mass is 10.2. The third-order valence-electron chi connectivity index (χ3n) is 3.10. The zero-order valence-electron chi connectivity index (χ0n) is 10.6. The quantitative estimate of drug-likeness (QED) is 0.837. The maximum atomic E-state index is 5.65. The van der Waals surface area contributed by atoms with Gasteiger partial charge in [0.1, 0.15) is 0 Å². The molecule has 4 nitrogen and oxygen atoms in total. The highest BCUT2D eigenvalue weighted by atomic mass is 16.5. The number of hydrogen-bond acceptors (Lipinski definition) is 4. The molecule has 17 heavy (non-hydrogen) atoms. The van der Waals surface area contributed by atoms with Crippen molar-refractivity contribution >= 4 is 5.69 Å². The van der Waals surface area contributed by atoms with Crippen LogP contribution in [-0.2, 0) is 11.3 Å². The largest absolute Gasteiger partial charge is 0.376 e. The second kappa shape index (κ2) is 5.98. The molecule has 1 aromatic heterocycles. The molecule has 4 heteroatoms. The summed E-state index contributed by atoms with van der Waals surface area (Å²) in [5, 5.41) is 3.12. The predicted octanol–water partition coefficient (Wildman–Crippen LogP) is 1.42. The highest BCUT2D eigenvalue weighted by molar-refractivity contribution is 5.45. The van der Waals surface area contributed by atoms with Crippen LogP contribution in [0.15, 0.2) is 18.3 Å². The number of anilines is 1. The normalized spacial score (nSPS) is 19.5. The Bertz CT molecular complexity index is 350. The van der Waals surface area contributed by atoms with Crippen LogP contribution in [0.2, 0.25) is 0 Å². The van der Waals surface area contributed by atoms with Crippen molar-refractivity contribution in [1.29, 1.82) is 0 Å². The van der Waals surface area contributed by atoms with Crippen LogP contribution >= 0.6 is 0 Å². The summed E-state index contributed by atoms with van der Waals surface area (Å²) in [5.41, 5.74) is 2.28. The maximum Gasteiger partial charge on any atom is 0.0750 e. The third-order valence-corrected chi connectivity index (χ3v) is 3.10. The van der Waals surface area contributed by atoms with Crippen LogP contribution in [-0.4, -0.2) is 38.3 Å². The number of nitrogens with one attached hydrogen (secondary N) is 1. The summed E-state index contributed by atoms with van der Waals surface area (Å²) in [4.78, 5) is 6.57. The Hall–Kier alpha value is -1.13. The van der Waals surface area contributed by atoms with Crippen molar-refractivity contribution in [1.82, 2.24) is 10.3 Å². The monoisotopic (exact) mass is 235 g/mol. The van der Waals surface area contributed by atoms with E-state index in [9.17, 15) is 0 Å². The van der Waals surface area contributed by atoms with E-state index in [0.717, 1.165) is 25.4 Å². The standard InChI is InChI=1S/C13H21N3O/c1-14-9-11-8-12(5-6-15-11)16(2)10-13-4-3-7-17-13/h5-6,8,13-14H,3-4,7,9-10H2,1-2H3. The van der Waals surface area contributed by atoms with E-state index < -0.39 is 0 Å². The number of rotatable bonds is 5. The second-order valence-corrected chi connectivity index (χ2v) is 4.55. The minimum absolute atomic E-state index is 0.390. The van der Waals surface area contributed by atoms with Gasteiger partial charge in [-0.05, 0) is 32.0 Å². The van der Waals surface area contributed by atoms with Gasteiger partial charge in [0.2, 0.25) is 0 Å². The smallest absolute Gasteiger partial charge is 0.0750 e. The molecule has 0 bridgehead atoms. The molecule has 1 fully saturated rings. The molecule has 1 atom stereocenters. The van der Waals surface area contributed by atoms with Crippen molar-refractivity contribution in [3.05, 3.63) is 24.0 Å². The van der Waals surface area contributed by atoms with Crippen LogP contribution in [0.1, 0.15) is 18.5 Å². The molecule has 0 aliphatic carbocycles. The van der Waals surface area contributed by atoms with Gasteiger partial charge in [0.15, 0.2) is 0 Å². The van der Waals surface area contributed by atoms with E-state index in [-0.39, 0.29) is 0 Å². The molecule has 2 heterocycles. The molecule has 1 aromatic rings. The van der Waals surface area contributed by atoms with E-state index in [2.05, 4.69) is 28.3 Å². The van der Waals surface area contributed by atoms with Crippen molar-refractivity contribution in [3.8, 4) is 0 Å². The Kier molecular flexibility index (Phi) is 4.34. The molecule has 1 aliphatic heterocycles. The summed E-state index contributed by atoms with van der Waals surface area (Å²) in [7, 11) is 4.05. The van der Waals surface area contributed by atoms with Crippen LogP contribution in [0.5, 0.6) is 0 Å². The Balaban J connectivity index is 1.97. The van der Waals surface area contributed by atoms with Gasteiger partial charge in [0, 0.05) is 38.6 Å². The highest BCUT2D eigenvalue weighted by Crippen LogP contribution is 2.18. The molecule has 94 valence electrons. The third kappa shape index (κ3) is 3.41. The lowest BCUT2D eigenvalue weighted by Gasteiger charge is -2.23. The molecule has 0 saturated carbocycles. The number of ether oxygens (including phenoxy) is 1. The minimum Gasteiger partial charge on any atom is -0.376 e. The first-order valence-corrected chi connectivity index (χ1v) is 6.22. The average molecular weight is 235 g/mol. The summed E-state index contributed by atoms with van der Waals surface area (Å²) < 4.78 is 5.65. The van der Waals surface area contributed by atoms with Crippen LogP contribution in [0.3, 0.4) is 0 Å². The Morgan fingerprint density at radius 2 is 2.47 bits per heavy atom. The molecule has 0 amide bonds. The van der Waals surface area contributed by atoms with E-state index >= 15 is 0 Å². The van der Waals surface area contributed by atoms with Crippen molar-refractivity contribution < 1.29 is 4.74 Å². The fourth-order valence-corrected chi connectivity index (χ4v) is 2.18. The molecule has 0 radical (unpaired) electrons. The molecule has 1 unspecified atom stereocenters. The van der Waals surface area contributed by atoms with Crippen LogP contribution in [0.25, 0.3) is 0 Å². The molecule has 1 N–H and O–H groups in total. The summed E-state index contributed by atoms with van der Waals surface area (Å²) in [5.74, 6) is 0. The highest BCUT2D eigenvalue weighted by Gasteiger charge is 2.17. The van der Waals surface area contributed by atoms with E-state index in [1.54, 1.807) is 0 Å². The Morgan fingerprint density at radius 1 is 1.59 bits per heavy atom. The number of likely N-dealkylation sites (N-methyl/N-ethyl adjacent to an activating group) is 1. The molecular weight excluding hydrogens is 214 g/mol. The molecular formula is C13H21N3O. The number of hydrogen-bond donors (Lipinski definition) is 1. The summed E-state index contributed by atoms with van der Waals surface area (Å²) in [6.07, 6.45) is 4.63. The minimum atomic E-state index is 0.390. The van der Waals surface area contributed by atoms with Crippen molar-refractivity contribution in [3.63, 3.8) is 0 Å². The fourth-order valence-electron chi connectivity index (χ4n) is 2.18. The molecule has 0 aromatic carbocycles. The van der Waals surface area contributed by atoms with Gasteiger partial charge in [0.05, 0.1) is 11.8 Å². The van der Waals surface area contributed by atoms with Gasteiger partial charge in [-0.3, -0.25) is 4.98 Å². The van der Waals surface area contributed by atoms with E-state index in [1.165, 1.54) is 18.5 Å². The Labute approximate surface area is 103 Å². The zero-order valence-corrected chi connectivity index (χ0v) is 10.6. The van der Waals surface area contributed by atoms with Gasteiger partial charge >= 0.3 is 0 Å². The maximum absolute atomic E-state index is 5.65. The first-order valence-electron chi connectivity index (χ1n) is 6.22. The van der Waals surface area contributed by atoms with Gasteiger partial charge < -0.3 is 15.0 Å². The lowest BCUT2D eigenvalue weighted by Crippen LogP contribution is -2.28. The Morgan fingerprint density at radius 3 is 3.18 bits per heavy atom. The first-order chi connectivity index (χ1) is 8.29. The molecule has 1 aliphatic rings. The summed E-state index contributed by atoms with van der Waals surface area (Å²) >= 11 is 0. The topological polar surface area (TPSA) is 37.4 Å². The van der Waals surface area contributed by atoms with Gasteiger partial charge in [-0.2, -0.15) is 0 Å². The SMILES string of the molecule is CNCc1cc(N(C)CC2CCCO2)ccn1. The average Bonchev–Trinajstić information content (AvgIpc) is 2.83. The van der Waals surface area contributed by atoms with Crippen molar-refractivity contribution in [2.24, 2.45) is 0 Å². The first kappa shape index (κ1) is 12.3. The number of nitrogens with zero attached hydrogens (tertiary/aromatic N) is 2. The fraction of sp³-hybridized carbons (Fsp3) is 0.615. The van der Waals surface area contributed by atoms with E-state index in [0.29, 0.717) is 6.10 Å². The van der Waals surface area contributed by atoms with Crippen LogP contribution in [0, 0.1) is 0 Å². The predicted molar refractivity (Wildman–Crippen MR) is 69.2 cm³/mol.